The summed E-state index contributed by atoms with van der Waals surface area (Å²) in [4.78, 5) is 30.7. The third kappa shape index (κ3) is 6.78. The Morgan fingerprint density at radius 3 is 2.13 bits per heavy atom. The first kappa shape index (κ1) is 27.6. The van der Waals surface area contributed by atoms with E-state index >= 15 is 0 Å². The van der Waals surface area contributed by atoms with Crippen LogP contribution in [0.15, 0.2) is 101 Å². The van der Waals surface area contributed by atoms with Crippen molar-refractivity contribution in [3.05, 3.63) is 117 Å². The van der Waals surface area contributed by atoms with Gasteiger partial charge in [-0.2, -0.15) is 0 Å². The molecule has 0 aromatic heterocycles. The Bertz CT molecular complexity index is 1280. The van der Waals surface area contributed by atoms with Gasteiger partial charge >= 0.3 is 6.09 Å². The number of hydrogen-bond donors (Lipinski definition) is 0. The number of ether oxygens (including phenoxy) is 1. The van der Waals surface area contributed by atoms with Crippen LogP contribution < -0.4 is 0 Å². The van der Waals surface area contributed by atoms with Gasteiger partial charge in [0.05, 0.1) is 12.0 Å². The summed E-state index contributed by atoms with van der Waals surface area (Å²) in [6.07, 6.45) is 0.613. The summed E-state index contributed by atoms with van der Waals surface area (Å²) in [5.41, 5.74) is 4.04. The number of carbonyl (C=O) groups is 2. The first-order valence-corrected chi connectivity index (χ1v) is 15.4. The fraction of sp³-hybridized carbons (Fsp3) is 0.312. The fourth-order valence-electron chi connectivity index (χ4n) is 5.15. The SMILES string of the molecule is CCOC(=O)N1CCN(C2CC(c3ccccc3)C(C(=O)c3ccccc3)=C(SCc3ccccc3)S2)CC1. The van der Waals surface area contributed by atoms with E-state index in [0.717, 1.165) is 40.6 Å². The Hall–Kier alpha value is -3.00. The van der Waals surface area contributed by atoms with Crippen molar-refractivity contribution in [2.24, 2.45) is 0 Å². The van der Waals surface area contributed by atoms with Gasteiger partial charge in [-0.05, 0) is 24.5 Å². The zero-order valence-corrected chi connectivity index (χ0v) is 23.8. The lowest BCUT2D eigenvalue weighted by molar-refractivity contribution is 0.0752. The molecule has 2 heterocycles. The number of nitrogens with zero attached hydrogens (tertiary/aromatic N) is 2. The lowest BCUT2D eigenvalue weighted by Crippen LogP contribution is -2.52. The largest absolute Gasteiger partial charge is 0.450 e. The van der Waals surface area contributed by atoms with Crippen LogP contribution in [-0.4, -0.2) is 59.8 Å². The lowest BCUT2D eigenvalue weighted by atomic mass is 9.84. The molecule has 0 aliphatic carbocycles. The van der Waals surface area contributed by atoms with E-state index in [2.05, 4.69) is 53.4 Å². The second-order valence-electron chi connectivity index (χ2n) is 9.66. The maximum absolute atomic E-state index is 14.1. The molecular formula is C32H34N2O3S2. The van der Waals surface area contributed by atoms with Gasteiger partial charge in [-0.3, -0.25) is 9.69 Å². The van der Waals surface area contributed by atoms with Gasteiger partial charge in [0.1, 0.15) is 0 Å². The van der Waals surface area contributed by atoms with Gasteiger partial charge in [0.15, 0.2) is 5.78 Å². The van der Waals surface area contributed by atoms with Crippen molar-refractivity contribution in [1.29, 1.82) is 0 Å². The van der Waals surface area contributed by atoms with Gasteiger partial charge in [-0.1, -0.05) is 103 Å². The molecule has 1 fully saturated rings. The second-order valence-corrected chi connectivity index (χ2v) is 12.1. The van der Waals surface area contributed by atoms with Crippen LogP contribution in [0.4, 0.5) is 4.79 Å². The molecule has 3 aromatic carbocycles. The van der Waals surface area contributed by atoms with Crippen molar-refractivity contribution in [2.75, 3.05) is 32.8 Å². The number of allylic oxidation sites excluding steroid dienone is 1. The van der Waals surface area contributed by atoms with E-state index in [1.54, 1.807) is 16.7 Å². The van der Waals surface area contributed by atoms with Gasteiger partial charge in [-0.25, -0.2) is 4.79 Å². The maximum Gasteiger partial charge on any atom is 0.409 e. The number of benzene rings is 3. The highest BCUT2D eigenvalue weighted by molar-refractivity contribution is 8.22. The summed E-state index contributed by atoms with van der Waals surface area (Å²) >= 11 is 3.59. The molecule has 2 atom stereocenters. The van der Waals surface area contributed by atoms with Crippen LogP contribution in [0, 0.1) is 0 Å². The van der Waals surface area contributed by atoms with Crippen molar-refractivity contribution in [1.82, 2.24) is 9.80 Å². The van der Waals surface area contributed by atoms with Gasteiger partial charge in [0, 0.05) is 53.2 Å². The predicted molar refractivity (Wildman–Crippen MR) is 161 cm³/mol. The monoisotopic (exact) mass is 558 g/mol. The molecule has 2 aliphatic rings. The van der Waals surface area contributed by atoms with E-state index in [9.17, 15) is 9.59 Å². The minimum absolute atomic E-state index is 0.00786. The van der Waals surface area contributed by atoms with Crippen LogP contribution in [-0.2, 0) is 10.5 Å². The van der Waals surface area contributed by atoms with Crippen molar-refractivity contribution >= 4 is 35.4 Å². The number of piperazine rings is 1. The third-order valence-electron chi connectivity index (χ3n) is 7.19. The van der Waals surface area contributed by atoms with E-state index in [1.807, 2.05) is 61.2 Å². The topological polar surface area (TPSA) is 49.9 Å². The molecule has 0 spiro atoms. The van der Waals surface area contributed by atoms with Crippen LogP contribution in [0.3, 0.4) is 0 Å². The molecule has 202 valence electrons. The molecule has 5 nitrogen and oxygen atoms in total. The first-order valence-electron chi connectivity index (χ1n) is 13.5. The summed E-state index contributed by atoms with van der Waals surface area (Å²) < 4.78 is 6.33. The first-order chi connectivity index (χ1) is 19.1. The van der Waals surface area contributed by atoms with Crippen molar-refractivity contribution < 1.29 is 14.3 Å². The van der Waals surface area contributed by atoms with Crippen LogP contribution in [0.5, 0.6) is 0 Å². The van der Waals surface area contributed by atoms with E-state index in [4.69, 9.17) is 4.74 Å². The van der Waals surface area contributed by atoms with Crippen LogP contribution in [0.1, 0.15) is 40.7 Å². The minimum atomic E-state index is -0.231. The highest BCUT2D eigenvalue weighted by atomic mass is 32.2. The second kappa shape index (κ2) is 13.4. The highest BCUT2D eigenvalue weighted by Crippen LogP contribution is 2.51. The standard InChI is InChI=1S/C32H34N2O3S2/c1-2-37-32(36)34-20-18-33(19-21-34)28-22-27(25-14-8-4-9-15-25)29(30(35)26-16-10-5-11-17-26)31(39-28)38-23-24-12-6-3-7-13-24/h3-17,27-28H,2,18-23H2,1H3. The Morgan fingerprint density at radius 2 is 1.49 bits per heavy atom. The minimum Gasteiger partial charge on any atom is -0.450 e. The molecule has 5 rings (SSSR count). The van der Waals surface area contributed by atoms with Gasteiger partial charge in [0.25, 0.3) is 0 Å². The average molecular weight is 559 g/mol. The highest BCUT2D eigenvalue weighted by Gasteiger charge is 2.38. The summed E-state index contributed by atoms with van der Waals surface area (Å²) in [6.45, 7) is 5.11. The Kier molecular flexibility index (Phi) is 9.45. The molecule has 2 unspecified atom stereocenters. The number of hydrogen-bond acceptors (Lipinski definition) is 6. The molecule has 0 bridgehead atoms. The van der Waals surface area contributed by atoms with Crippen molar-refractivity contribution in [3.8, 4) is 0 Å². The van der Waals surface area contributed by atoms with E-state index < -0.39 is 0 Å². The summed E-state index contributed by atoms with van der Waals surface area (Å²) in [7, 11) is 0. The number of carbonyl (C=O) groups excluding carboxylic acids is 2. The number of Topliss-reactive ketones (excluding diaryl/α,β-unsaturated/α-hetero) is 1. The number of rotatable bonds is 8. The molecule has 1 amide bonds. The van der Waals surface area contributed by atoms with E-state index in [1.165, 1.54) is 11.1 Å². The number of ketones is 1. The molecule has 1 saturated heterocycles. The lowest BCUT2D eigenvalue weighted by Gasteiger charge is -2.42. The van der Waals surface area contributed by atoms with Crippen molar-refractivity contribution in [2.45, 2.75) is 30.4 Å². The van der Waals surface area contributed by atoms with Gasteiger partial charge in [-0.15, -0.1) is 11.8 Å². The zero-order chi connectivity index (χ0) is 27.0. The molecule has 39 heavy (non-hydrogen) atoms. The molecule has 0 radical (unpaired) electrons. The quantitative estimate of drug-likeness (QED) is 0.277. The molecule has 3 aromatic rings. The average Bonchev–Trinajstić information content (AvgIpc) is 3.01. The summed E-state index contributed by atoms with van der Waals surface area (Å²) in [6, 6.07) is 30.5. The Morgan fingerprint density at radius 1 is 0.872 bits per heavy atom. The maximum atomic E-state index is 14.1. The van der Waals surface area contributed by atoms with Crippen molar-refractivity contribution in [3.63, 3.8) is 0 Å². The van der Waals surface area contributed by atoms with E-state index in [0.29, 0.717) is 19.7 Å². The summed E-state index contributed by atoms with van der Waals surface area (Å²) in [5, 5.41) is 0.213. The molecule has 7 heteroatoms. The Labute approximate surface area is 239 Å². The molecule has 2 aliphatic heterocycles. The molecule has 0 saturated carbocycles. The van der Waals surface area contributed by atoms with Gasteiger partial charge < -0.3 is 9.64 Å². The molecular weight excluding hydrogens is 524 g/mol. The fourth-order valence-corrected chi connectivity index (χ4v) is 8.07. The van der Waals surface area contributed by atoms with Crippen LogP contribution >= 0.6 is 23.5 Å². The Balaban J connectivity index is 1.47. The predicted octanol–water partition coefficient (Wildman–Crippen LogP) is 7.04. The third-order valence-corrected chi connectivity index (χ3v) is 9.99. The zero-order valence-electron chi connectivity index (χ0n) is 22.2. The normalized spacial score (nSPS) is 20.1. The van der Waals surface area contributed by atoms with Crippen LogP contribution in [0.2, 0.25) is 0 Å². The molecule has 0 N–H and O–H groups in total. The summed E-state index contributed by atoms with van der Waals surface area (Å²) in [5.74, 6) is 0.907. The van der Waals surface area contributed by atoms with Gasteiger partial charge in [0.2, 0.25) is 0 Å². The van der Waals surface area contributed by atoms with E-state index in [-0.39, 0.29) is 23.2 Å². The smallest absolute Gasteiger partial charge is 0.409 e. The van der Waals surface area contributed by atoms with Crippen LogP contribution in [0.25, 0.3) is 0 Å². The number of thioether (sulfide) groups is 2. The number of amides is 1.